The molecule has 0 aliphatic heterocycles. The molecule has 2 aromatic rings. The van der Waals surface area contributed by atoms with Gasteiger partial charge in [0.25, 0.3) is 0 Å². The summed E-state index contributed by atoms with van der Waals surface area (Å²) in [5, 5.41) is 9.98. The van der Waals surface area contributed by atoms with Crippen LogP contribution >= 0.6 is 0 Å². The first-order chi connectivity index (χ1) is 9.50. The molecule has 2 atom stereocenters. The van der Waals surface area contributed by atoms with Crippen molar-refractivity contribution >= 4 is 11.6 Å². The van der Waals surface area contributed by atoms with Crippen LogP contribution in [0.25, 0.3) is 0 Å². The second kappa shape index (κ2) is 5.79. The molecule has 0 aliphatic carbocycles. The van der Waals surface area contributed by atoms with Crippen molar-refractivity contribution in [2.24, 2.45) is 7.05 Å². The van der Waals surface area contributed by atoms with Gasteiger partial charge in [-0.3, -0.25) is 9.59 Å². The summed E-state index contributed by atoms with van der Waals surface area (Å²) in [6.45, 7) is 1.64. The molecule has 1 aromatic carbocycles. The Bertz CT molecular complexity index is 619. The summed E-state index contributed by atoms with van der Waals surface area (Å²) < 4.78 is 3.42. The van der Waals surface area contributed by atoms with Gasteiger partial charge in [-0.05, 0) is 12.5 Å². The zero-order valence-corrected chi connectivity index (χ0v) is 11.4. The standard InChI is InChI=1S/C15H17N2O3/c1-11(17-9-8-16(2)10-17)13(18)15(20)14(19)12-6-4-3-5-7-12/h3-11,14,19H,1-2H3/q+1. The van der Waals surface area contributed by atoms with E-state index in [1.165, 1.54) is 0 Å². The topological polar surface area (TPSA) is 63.2 Å². The van der Waals surface area contributed by atoms with Crippen LogP contribution in [0.15, 0.2) is 49.1 Å². The average molecular weight is 273 g/mol. The highest BCUT2D eigenvalue weighted by atomic mass is 16.3. The van der Waals surface area contributed by atoms with Crippen molar-refractivity contribution < 1.29 is 19.3 Å². The molecule has 0 aliphatic rings. The molecule has 0 bridgehead atoms. The lowest BCUT2D eigenvalue weighted by molar-refractivity contribution is -0.671. The van der Waals surface area contributed by atoms with Crippen molar-refractivity contribution in [1.29, 1.82) is 0 Å². The van der Waals surface area contributed by atoms with Crippen LogP contribution in [0.2, 0.25) is 0 Å². The second-order valence-electron chi connectivity index (χ2n) is 4.74. The number of aromatic nitrogens is 2. The number of Topliss-reactive ketones (excluding diaryl/α,β-unsaturated/α-hetero) is 2. The Labute approximate surface area is 117 Å². The van der Waals surface area contributed by atoms with E-state index in [1.807, 2.05) is 7.05 Å². The highest BCUT2D eigenvalue weighted by Gasteiger charge is 2.31. The first kappa shape index (κ1) is 14.1. The Balaban J connectivity index is 2.14. The normalized spacial score (nSPS) is 13.8. The minimum absolute atomic E-state index is 0.427. The molecule has 1 N–H and O–H groups in total. The van der Waals surface area contributed by atoms with Crippen LogP contribution < -0.4 is 4.57 Å². The summed E-state index contributed by atoms with van der Waals surface area (Å²) >= 11 is 0. The Morgan fingerprint density at radius 2 is 1.85 bits per heavy atom. The highest BCUT2D eigenvalue weighted by molar-refractivity contribution is 6.40. The van der Waals surface area contributed by atoms with Gasteiger partial charge in [0.15, 0.2) is 6.04 Å². The number of carbonyl (C=O) groups is 2. The molecule has 1 heterocycles. The monoisotopic (exact) mass is 273 g/mol. The van der Waals surface area contributed by atoms with Crippen LogP contribution in [0.4, 0.5) is 0 Å². The molecule has 0 radical (unpaired) electrons. The molecule has 0 saturated carbocycles. The lowest BCUT2D eigenvalue weighted by Gasteiger charge is -2.11. The number of benzene rings is 1. The van der Waals surface area contributed by atoms with Crippen molar-refractivity contribution in [3.63, 3.8) is 0 Å². The molecule has 1 aromatic heterocycles. The quantitative estimate of drug-likeness (QED) is 0.646. The van der Waals surface area contributed by atoms with E-state index in [0.29, 0.717) is 5.56 Å². The molecule has 0 spiro atoms. The summed E-state index contributed by atoms with van der Waals surface area (Å²) in [5.74, 6) is -1.40. The van der Waals surface area contributed by atoms with E-state index in [-0.39, 0.29) is 0 Å². The van der Waals surface area contributed by atoms with E-state index in [1.54, 1.807) is 65.1 Å². The number of hydrogen-bond donors (Lipinski definition) is 1. The van der Waals surface area contributed by atoms with Crippen molar-refractivity contribution in [2.45, 2.75) is 19.1 Å². The van der Waals surface area contributed by atoms with E-state index in [4.69, 9.17) is 0 Å². The third-order valence-corrected chi connectivity index (χ3v) is 3.22. The van der Waals surface area contributed by atoms with Crippen molar-refractivity contribution in [2.75, 3.05) is 0 Å². The predicted octanol–water partition coefficient (Wildman–Crippen LogP) is 0.745. The summed E-state index contributed by atoms with van der Waals surface area (Å²) in [5.41, 5.74) is 0.427. The molecule has 0 saturated heterocycles. The van der Waals surface area contributed by atoms with Gasteiger partial charge in [-0.1, -0.05) is 30.3 Å². The predicted molar refractivity (Wildman–Crippen MR) is 71.7 cm³/mol. The van der Waals surface area contributed by atoms with E-state index in [0.717, 1.165) is 0 Å². The first-order valence-electron chi connectivity index (χ1n) is 6.34. The van der Waals surface area contributed by atoms with Crippen molar-refractivity contribution in [3.8, 4) is 0 Å². The molecule has 2 unspecified atom stereocenters. The van der Waals surface area contributed by atoms with Crippen LogP contribution in [-0.2, 0) is 16.6 Å². The number of imidazole rings is 1. The number of hydrogen-bond acceptors (Lipinski definition) is 3. The number of nitrogens with zero attached hydrogens (tertiary/aromatic N) is 2. The molecule has 104 valence electrons. The molecule has 20 heavy (non-hydrogen) atoms. The highest BCUT2D eigenvalue weighted by Crippen LogP contribution is 2.17. The molecule has 0 amide bonds. The van der Waals surface area contributed by atoms with Crippen LogP contribution in [0.1, 0.15) is 24.6 Å². The van der Waals surface area contributed by atoms with E-state index < -0.39 is 23.7 Å². The number of rotatable bonds is 5. The van der Waals surface area contributed by atoms with Crippen LogP contribution in [-0.4, -0.2) is 21.2 Å². The minimum atomic E-state index is -1.41. The smallest absolute Gasteiger partial charge is 0.245 e. The Morgan fingerprint density at radius 3 is 2.40 bits per heavy atom. The maximum Gasteiger partial charge on any atom is 0.245 e. The number of carbonyl (C=O) groups excluding carboxylic acids is 2. The SMILES string of the molecule is CC(C(=O)C(=O)C(O)c1ccccc1)n1cc[n+](C)c1. The van der Waals surface area contributed by atoms with Gasteiger partial charge in [-0.15, -0.1) is 0 Å². The maximum absolute atomic E-state index is 12.1. The minimum Gasteiger partial charge on any atom is -0.380 e. The van der Waals surface area contributed by atoms with Gasteiger partial charge < -0.3 is 5.11 Å². The first-order valence-corrected chi connectivity index (χ1v) is 6.34. The third kappa shape index (κ3) is 2.83. The Hall–Kier alpha value is -2.27. The fourth-order valence-electron chi connectivity index (χ4n) is 1.96. The molecule has 5 nitrogen and oxygen atoms in total. The number of aryl methyl sites for hydroxylation is 1. The van der Waals surface area contributed by atoms with Gasteiger partial charge in [0.2, 0.25) is 17.9 Å². The number of ketones is 2. The number of aliphatic hydroxyl groups is 1. The summed E-state index contributed by atoms with van der Waals surface area (Å²) in [7, 11) is 1.83. The fraction of sp³-hybridized carbons (Fsp3) is 0.267. The average Bonchev–Trinajstić information content (AvgIpc) is 2.91. The fourth-order valence-corrected chi connectivity index (χ4v) is 1.96. The number of aliphatic hydroxyl groups excluding tert-OH is 1. The van der Waals surface area contributed by atoms with Crippen LogP contribution in [0.5, 0.6) is 0 Å². The second-order valence-corrected chi connectivity index (χ2v) is 4.74. The zero-order valence-electron chi connectivity index (χ0n) is 11.4. The van der Waals surface area contributed by atoms with Crippen LogP contribution in [0.3, 0.4) is 0 Å². The lowest BCUT2D eigenvalue weighted by Crippen LogP contribution is -2.30. The van der Waals surface area contributed by atoms with E-state index >= 15 is 0 Å². The van der Waals surface area contributed by atoms with Gasteiger partial charge in [0.1, 0.15) is 18.5 Å². The van der Waals surface area contributed by atoms with Gasteiger partial charge in [0.05, 0.1) is 7.05 Å². The van der Waals surface area contributed by atoms with Gasteiger partial charge in [0, 0.05) is 0 Å². The molecular weight excluding hydrogens is 256 g/mol. The maximum atomic E-state index is 12.1. The van der Waals surface area contributed by atoms with Crippen LogP contribution in [0, 0.1) is 0 Å². The summed E-state index contributed by atoms with van der Waals surface area (Å²) in [4.78, 5) is 24.2. The largest absolute Gasteiger partial charge is 0.380 e. The molecular formula is C15H17N2O3+. The Kier molecular flexibility index (Phi) is 4.10. The van der Waals surface area contributed by atoms with Crippen molar-refractivity contribution in [1.82, 2.24) is 4.57 Å². The third-order valence-electron chi connectivity index (χ3n) is 3.22. The van der Waals surface area contributed by atoms with E-state index in [9.17, 15) is 14.7 Å². The van der Waals surface area contributed by atoms with Gasteiger partial charge >= 0.3 is 0 Å². The van der Waals surface area contributed by atoms with Gasteiger partial charge in [-0.25, -0.2) is 9.13 Å². The van der Waals surface area contributed by atoms with Crippen molar-refractivity contribution in [3.05, 3.63) is 54.6 Å². The zero-order chi connectivity index (χ0) is 14.7. The summed E-state index contributed by atoms with van der Waals surface area (Å²) in [6.07, 6.45) is 3.80. The molecule has 5 heteroatoms. The molecule has 2 rings (SSSR count). The molecule has 0 fully saturated rings. The van der Waals surface area contributed by atoms with Gasteiger partial charge in [-0.2, -0.15) is 0 Å². The van der Waals surface area contributed by atoms with E-state index in [2.05, 4.69) is 0 Å². The Morgan fingerprint density at radius 1 is 1.20 bits per heavy atom. The lowest BCUT2D eigenvalue weighted by atomic mass is 10.00. The summed E-state index contributed by atoms with van der Waals surface area (Å²) in [6, 6.07) is 7.82.